The quantitative estimate of drug-likeness (QED) is 0.0398. The van der Waals surface area contributed by atoms with Crippen molar-refractivity contribution < 1.29 is 52.2 Å². The molecular formula is C40H58BrO11P. The third kappa shape index (κ3) is 13.8. The zero-order chi connectivity index (χ0) is 39.6. The highest BCUT2D eigenvalue weighted by Crippen LogP contribution is 2.60. The van der Waals surface area contributed by atoms with Crippen LogP contribution in [0, 0.1) is 41.5 Å². The van der Waals surface area contributed by atoms with Crippen LogP contribution in [-0.4, -0.2) is 99.5 Å². The minimum Gasteiger partial charge on any atom is -0.463 e. The first kappa shape index (κ1) is 46.4. The van der Waals surface area contributed by atoms with Crippen LogP contribution in [0.2, 0.25) is 0 Å². The van der Waals surface area contributed by atoms with Gasteiger partial charge in [-0.2, -0.15) is 0 Å². The monoisotopic (exact) mass is 824 g/mol. The fraction of sp³-hybridized carbons (Fsp3) is 0.600. The van der Waals surface area contributed by atoms with Crippen molar-refractivity contribution in [1.29, 1.82) is 0 Å². The second-order valence-corrected chi connectivity index (χ2v) is 16.8. The van der Waals surface area contributed by atoms with Gasteiger partial charge < -0.3 is 33.0 Å². The van der Waals surface area contributed by atoms with E-state index in [4.69, 9.17) is 28.4 Å². The summed E-state index contributed by atoms with van der Waals surface area (Å²) in [5.74, 6) is -2.19. The number of halogens is 1. The molecule has 2 aromatic carbocycles. The molecule has 0 bridgehead atoms. The third-order valence-corrected chi connectivity index (χ3v) is 12.8. The van der Waals surface area contributed by atoms with Crippen molar-refractivity contribution in [3.8, 4) is 0 Å². The van der Waals surface area contributed by atoms with E-state index in [1.165, 1.54) is 0 Å². The summed E-state index contributed by atoms with van der Waals surface area (Å²) >= 11 is 3.25. The number of hydrogen-bond acceptors (Lipinski definition) is 11. The maximum absolute atomic E-state index is 15.7. The van der Waals surface area contributed by atoms with Crippen LogP contribution in [0.1, 0.15) is 93.6 Å². The number of hydrogen-bond donors (Lipinski definition) is 0. The summed E-state index contributed by atoms with van der Waals surface area (Å²) in [6.45, 7) is 16.5. The molecule has 0 N–H and O–H groups in total. The van der Waals surface area contributed by atoms with Crippen LogP contribution in [0.15, 0.2) is 24.3 Å². The van der Waals surface area contributed by atoms with Crippen LogP contribution in [0.3, 0.4) is 0 Å². The van der Waals surface area contributed by atoms with Gasteiger partial charge in [0.15, 0.2) is 0 Å². The maximum atomic E-state index is 15.7. The fourth-order valence-corrected chi connectivity index (χ4v) is 10.3. The molecule has 2 rings (SSSR count). The lowest BCUT2D eigenvalue weighted by atomic mass is 10.0. The molecule has 0 aliphatic rings. The average Bonchev–Trinajstić information content (AvgIpc) is 3.09. The predicted molar refractivity (Wildman–Crippen MR) is 209 cm³/mol. The molecule has 2 unspecified atom stereocenters. The van der Waals surface area contributed by atoms with Gasteiger partial charge in [-0.15, -0.1) is 0 Å². The van der Waals surface area contributed by atoms with Gasteiger partial charge in [-0.05, 0) is 76.6 Å². The van der Waals surface area contributed by atoms with Gasteiger partial charge in [0.05, 0.1) is 39.6 Å². The van der Waals surface area contributed by atoms with E-state index >= 15 is 4.57 Å². The smallest absolute Gasteiger partial charge is 0.321 e. The molecule has 2 atom stereocenters. The van der Waals surface area contributed by atoms with Crippen molar-refractivity contribution in [3.05, 3.63) is 68.8 Å². The number of ether oxygens (including phenoxy) is 6. The number of carbonyl (C=O) groups is 4. The van der Waals surface area contributed by atoms with E-state index in [0.29, 0.717) is 48.7 Å². The van der Waals surface area contributed by atoms with Crippen LogP contribution in [0.25, 0.3) is 0 Å². The van der Waals surface area contributed by atoms with Gasteiger partial charge in [-0.25, -0.2) is 0 Å². The highest BCUT2D eigenvalue weighted by atomic mass is 79.9. The SMILES string of the molecule is CCCCOCCOCCOC(=O)C(Br)C(C(=O)OCCOCCOCCCC)P(=O)(C(=O)c1c(C)cc(C)cc1C)C(=O)c1c(C)cc(C)cc1C. The molecule has 0 aromatic heterocycles. The topological polar surface area (TPSA) is 141 Å². The Bertz CT molecular complexity index is 1450. The largest absolute Gasteiger partial charge is 0.463 e. The minimum absolute atomic E-state index is 0.0240. The van der Waals surface area contributed by atoms with Crippen molar-refractivity contribution in [1.82, 2.24) is 0 Å². The van der Waals surface area contributed by atoms with Crippen molar-refractivity contribution in [2.45, 2.75) is 91.6 Å². The predicted octanol–water partition coefficient (Wildman–Crippen LogP) is 7.77. The van der Waals surface area contributed by atoms with Crippen LogP contribution in [-0.2, 0) is 42.6 Å². The van der Waals surface area contributed by atoms with E-state index in [9.17, 15) is 19.2 Å². The van der Waals surface area contributed by atoms with Crippen molar-refractivity contribution in [2.75, 3.05) is 66.1 Å². The van der Waals surface area contributed by atoms with E-state index < -0.39 is 40.6 Å². The lowest BCUT2D eigenvalue weighted by molar-refractivity contribution is -0.150. The number of unbranched alkanes of at least 4 members (excludes halogenated alkanes) is 2. The second kappa shape index (κ2) is 23.9. The standard InChI is InChI=1S/C40H58BrO11P/c1-9-11-13-47-15-17-49-19-21-51-37(42)35(41)36(38(43)52-22-20-50-18-16-48-14-12-10-2)53(46,39(44)33-29(5)23-27(3)24-30(33)6)40(45)34-31(7)25-28(4)26-32(34)8/h23-26,35-36H,9-22H2,1-8H3. The van der Waals surface area contributed by atoms with Gasteiger partial charge in [0.25, 0.3) is 0 Å². The summed E-state index contributed by atoms with van der Waals surface area (Å²) in [5, 5.41) is 0. The Morgan fingerprint density at radius 2 is 0.868 bits per heavy atom. The van der Waals surface area contributed by atoms with E-state index in [1.807, 2.05) is 13.8 Å². The number of aryl methyl sites for hydroxylation is 6. The molecule has 0 amide bonds. The molecule has 0 spiro atoms. The van der Waals surface area contributed by atoms with Gasteiger partial charge in [-0.3, -0.25) is 19.2 Å². The summed E-state index contributed by atoms with van der Waals surface area (Å²) in [7, 11) is -5.11. The second-order valence-electron chi connectivity index (χ2n) is 13.2. The summed E-state index contributed by atoms with van der Waals surface area (Å²) in [6, 6.07) is 6.96. The van der Waals surface area contributed by atoms with Gasteiger partial charge in [-0.1, -0.05) is 78.0 Å². The highest BCUT2D eigenvalue weighted by molar-refractivity contribution is 9.10. The Morgan fingerprint density at radius 1 is 0.547 bits per heavy atom. The van der Waals surface area contributed by atoms with Gasteiger partial charge in [0.1, 0.15) is 23.7 Å². The molecule has 0 aliphatic carbocycles. The fourth-order valence-electron chi connectivity index (χ4n) is 6.00. The number of alkyl halides is 1. The van der Waals surface area contributed by atoms with Crippen molar-refractivity contribution in [2.24, 2.45) is 0 Å². The molecule has 296 valence electrons. The van der Waals surface area contributed by atoms with Crippen molar-refractivity contribution >= 4 is 46.1 Å². The first-order valence-corrected chi connectivity index (χ1v) is 21.0. The first-order chi connectivity index (χ1) is 25.2. The molecule has 0 aliphatic heterocycles. The molecule has 13 heteroatoms. The number of carbonyl (C=O) groups excluding carboxylic acids is 4. The summed E-state index contributed by atoms with van der Waals surface area (Å²) < 4.78 is 48.7. The lowest BCUT2D eigenvalue weighted by Crippen LogP contribution is -2.42. The number of rotatable bonds is 26. The molecule has 0 radical (unpaired) electrons. The maximum Gasteiger partial charge on any atom is 0.321 e. The zero-order valence-corrected chi connectivity index (χ0v) is 35.2. The molecule has 0 saturated heterocycles. The Morgan fingerprint density at radius 3 is 1.23 bits per heavy atom. The van der Waals surface area contributed by atoms with Gasteiger partial charge >= 0.3 is 11.9 Å². The average molecular weight is 826 g/mol. The molecule has 0 saturated carbocycles. The van der Waals surface area contributed by atoms with Crippen LogP contribution >= 0.6 is 23.1 Å². The molecular weight excluding hydrogens is 767 g/mol. The first-order valence-electron chi connectivity index (χ1n) is 18.4. The summed E-state index contributed by atoms with van der Waals surface area (Å²) in [4.78, 5) is 55.7. The van der Waals surface area contributed by atoms with Gasteiger partial charge in [0.2, 0.25) is 18.2 Å². The Labute approximate surface area is 323 Å². The molecule has 2 aromatic rings. The Kier molecular flexibility index (Phi) is 21.0. The lowest BCUT2D eigenvalue weighted by Gasteiger charge is -2.29. The van der Waals surface area contributed by atoms with Gasteiger partial charge in [0, 0.05) is 24.3 Å². The molecule has 0 fully saturated rings. The molecule has 11 nitrogen and oxygen atoms in total. The normalized spacial score (nSPS) is 12.7. The highest BCUT2D eigenvalue weighted by Gasteiger charge is 2.57. The molecule has 53 heavy (non-hydrogen) atoms. The molecule has 0 heterocycles. The number of benzene rings is 2. The third-order valence-electron chi connectivity index (χ3n) is 8.49. The van der Waals surface area contributed by atoms with Crippen LogP contribution < -0.4 is 0 Å². The summed E-state index contributed by atoms with van der Waals surface area (Å²) in [5.41, 5.74) is -0.451. The Balaban J connectivity index is 2.52. The van der Waals surface area contributed by atoms with Crippen LogP contribution in [0.4, 0.5) is 0 Å². The van der Waals surface area contributed by atoms with Crippen LogP contribution in [0.5, 0.6) is 0 Å². The van der Waals surface area contributed by atoms with Crippen molar-refractivity contribution in [3.63, 3.8) is 0 Å². The number of esters is 2. The summed E-state index contributed by atoms with van der Waals surface area (Å²) in [6.07, 6.45) is 3.89. The van der Waals surface area contributed by atoms with E-state index in [-0.39, 0.29) is 50.8 Å². The minimum atomic E-state index is -5.11. The zero-order valence-electron chi connectivity index (χ0n) is 32.7. The van der Waals surface area contributed by atoms with E-state index in [0.717, 1.165) is 36.8 Å². The van der Waals surface area contributed by atoms with E-state index in [1.54, 1.807) is 52.0 Å². The van der Waals surface area contributed by atoms with E-state index in [2.05, 4.69) is 29.8 Å². The Hall–Kier alpha value is -2.73.